The molecule has 2 aromatic rings. The number of carbonyl (C=O) groups is 2. The van der Waals surface area contributed by atoms with Crippen LogP contribution in [0.25, 0.3) is 5.69 Å². The zero-order valence-electron chi connectivity index (χ0n) is 14.1. The molecule has 0 aliphatic rings. The van der Waals surface area contributed by atoms with Gasteiger partial charge in [-0.15, -0.1) is 5.10 Å². The van der Waals surface area contributed by atoms with Crippen LogP contribution in [0, 0.1) is 0 Å². The maximum Gasteiger partial charge on any atom is 0.303 e. The molecule has 0 aliphatic carbocycles. The van der Waals surface area contributed by atoms with Crippen LogP contribution in [-0.2, 0) is 11.2 Å². The van der Waals surface area contributed by atoms with Crippen molar-refractivity contribution in [1.82, 2.24) is 20.1 Å². The molecule has 2 N–H and O–H groups in total. The van der Waals surface area contributed by atoms with Crippen molar-refractivity contribution in [3.8, 4) is 5.69 Å². The van der Waals surface area contributed by atoms with Gasteiger partial charge in [0.05, 0.1) is 5.69 Å². The molecule has 0 spiro atoms. The average Bonchev–Trinajstić information content (AvgIpc) is 2.98. The molecule has 128 valence electrons. The molecule has 0 saturated carbocycles. The Balaban J connectivity index is 2.19. The Morgan fingerprint density at radius 3 is 2.50 bits per heavy atom. The Labute approximate surface area is 140 Å². The Kier molecular flexibility index (Phi) is 5.33. The normalized spacial score (nSPS) is 11.3. The number of aliphatic carboxylic acids is 1. The van der Waals surface area contributed by atoms with Crippen molar-refractivity contribution in [2.24, 2.45) is 0 Å². The molecule has 0 saturated heterocycles. The predicted molar refractivity (Wildman–Crippen MR) is 89.2 cm³/mol. The van der Waals surface area contributed by atoms with Crippen molar-refractivity contribution < 1.29 is 14.7 Å². The van der Waals surface area contributed by atoms with Crippen LogP contribution in [0.15, 0.2) is 30.3 Å². The Bertz CT molecular complexity index is 723. The third-order valence-corrected chi connectivity index (χ3v) is 3.61. The summed E-state index contributed by atoms with van der Waals surface area (Å²) in [6, 6.07) is 9.49. The zero-order valence-corrected chi connectivity index (χ0v) is 14.1. The van der Waals surface area contributed by atoms with E-state index in [1.54, 1.807) is 18.5 Å². The SMILES string of the molecule is CCc1nc(C(=O)NC(C)(C)CCC(=O)O)nn1-c1ccccc1. The molecule has 1 aromatic carbocycles. The molecule has 0 aliphatic heterocycles. The van der Waals surface area contributed by atoms with E-state index in [1.165, 1.54) is 0 Å². The molecule has 1 amide bonds. The minimum Gasteiger partial charge on any atom is -0.481 e. The molecule has 7 nitrogen and oxygen atoms in total. The predicted octanol–water partition coefficient (Wildman–Crippen LogP) is 2.20. The lowest BCUT2D eigenvalue weighted by Gasteiger charge is -2.24. The summed E-state index contributed by atoms with van der Waals surface area (Å²) in [5, 5.41) is 15.9. The Morgan fingerprint density at radius 2 is 1.92 bits per heavy atom. The van der Waals surface area contributed by atoms with Crippen LogP contribution >= 0.6 is 0 Å². The first-order chi connectivity index (χ1) is 11.3. The van der Waals surface area contributed by atoms with Crippen LogP contribution in [0.2, 0.25) is 0 Å². The fraction of sp³-hybridized carbons (Fsp3) is 0.412. The number of carboxylic acids is 1. The number of hydrogen-bond acceptors (Lipinski definition) is 4. The number of benzene rings is 1. The van der Waals surface area contributed by atoms with Crippen molar-refractivity contribution in [2.75, 3.05) is 0 Å². The van der Waals surface area contributed by atoms with Crippen molar-refractivity contribution >= 4 is 11.9 Å². The summed E-state index contributed by atoms with van der Waals surface area (Å²) in [6.45, 7) is 5.51. The van der Waals surface area contributed by atoms with E-state index >= 15 is 0 Å². The molecule has 2 rings (SSSR count). The molecule has 0 unspecified atom stereocenters. The number of hydrogen-bond donors (Lipinski definition) is 2. The lowest BCUT2D eigenvalue weighted by Crippen LogP contribution is -2.44. The number of nitrogens with zero attached hydrogens (tertiary/aromatic N) is 3. The van der Waals surface area contributed by atoms with Gasteiger partial charge in [0, 0.05) is 18.4 Å². The monoisotopic (exact) mass is 330 g/mol. The second-order valence-electron chi connectivity index (χ2n) is 6.18. The van der Waals surface area contributed by atoms with Gasteiger partial charge < -0.3 is 10.4 Å². The number of rotatable bonds is 7. The van der Waals surface area contributed by atoms with Crippen molar-refractivity contribution in [2.45, 2.75) is 45.6 Å². The molecular formula is C17H22N4O3. The fourth-order valence-electron chi connectivity index (χ4n) is 2.29. The van der Waals surface area contributed by atoms with E-state index in [1.807, 2.05) is 37.3 Å². The maximum absolute atomic E-state index is 12.4. The zero-order chi connectivity index (χ0) is 17.7. The van der Waals surface area contributed by atoms with E-state index in [2.05, 4.69) is 15.4 Å². The second-order valence-corrected chi connectivity index (χ2v) is 6.18. The highest BCUT2D eigenvalue weighted by Gasteiger charge is 2.25. The van der Waals surface area contributed by atoms with Crippen LogP contribution in [0.4, 0.5) is 0 Å². The number of amides is 1. The highest BCUT2D eigenvalue weighted by Crippen LogP contribution is 2.14. The fourth-order valence-corrected chi connectivity index (χ4v) is 2.29. The van der Waals surface area contributed by atoms with Crippen molar-refractivity contribution in [1.29, 1.82) is 0 Å². The van der Waals surface area contributed by atoms with Crippen LogP contribution in [0.1, 0.15) is 50.1 Å². The van der Waals surface area contributed by atoms with Gasteiger partial charge in [0.15, 0.2) is 0 Å². The highest BCUT2D eigenvalue weighted by molar-refractivity contribution is 5.91. The van der Waals surface area contributed by atoms with Gasteiger partial charge in [-0.3, -0.25) is 9.59 Å². The summed E-state index contributed by atoms with van der Waals surface area (Å²) in [6.07, 6.45) is 0.949. The number of carbonyl (C=O) groups excluding carboxylic acids is 1. The quantitative estimate of drug-likeness (QED) is 0.811. The van der Waals surface area contributed by atoms with E-state index in [0.717, 1.165) is 5.69 Å². The Hall–Kier alpha value is -2.70. The largest absolute Gasteiger partial charge is 0.481 e. The van der Waals surface area contributed by atoms with E-state index in [9.17, 15) is 9.59 Å². The molecular weight excluding hydrogens is 308 g/mol. The summed E-state index contributed by atoms with van der Waals surface area (Å²) in [4.78, 5) is 27.4. The van der Waals surface area contributed by atoms with Crippen LogP contribution in [0.5, 0.6) is 0 Å². The van der Waals surface area contributed by atoms with E-state index < -0.39 is 17.4 Å². The highest BCUT2D eigenvalue weighted by atomic mass is 16.4. The standard InChI is InChI=1S/C17H22N4O3/c1-4-13-18-15(20-21(13)12-8-6-5-7-9-12)16(24)19-17(2,3)11-10-14(22)23/h5-9H,4,10-11H2,1-3H3,(H,19,24)(H,22,23). The van der Waals surface area contributed by atoms with Crippen molar-refractivity contribution in [3.05, 3.63) is 42.0 Å². The van der Waals surface area contributed by atoms with E-state index in [0.29, 0.717) is 18.7 Å². The first kappa shape index (κ1) is 17.7. The molecule has 0 bridgehead atoms. The molecule has 0 fully saturated rings. The number of nitrogens with one attached hydrogen (secondary N) is 1. The molecule has 24 heavy (non-hydrogen) atoms. The van der Waals surface area contributed by atoms with Gasteiger partial charge in [0.1, 0.15) is 5.82 Å². The van der Waals surface area contributed by atoms with E-state index in [-0.39, 0.29) is 12.2 Å². The van der Waals surface area contributed by atoms with Crippen molar-refractivity contribution in [3.63, 3.8) is 0 Å². The topological polar surface area (TPSA) is 97.1 Å². The van der Waals surface area contributed by atoms with Crippen LogP contribution < -0.4 is 5.32 Å². The van der Waals surface area contributed by atoms with Gasteiger partial charge in [-0.2, -0.15) is 0 Å². The summed E-state index contributed by atoms with van der Waals surface area (Å²) >= 11 is 0. The third-order valence-electron chi connectivity index (χ3n) is 3.61. The molecule has 0 radical (unpaired) electrons. The lowest BCUT2D eigenvalue weighted by molar-refractivity contribution is -0.137. The first-order valence-corrected chi connectivity index (χ1v) is 7.88. The molecule has 0 atom stereocenters. The number of carboxylic acid groups (broad SMARTS) is 1. The first-order valence-electron chi connectivity index (χ1n) is 7.88. The molecule has 7 heteroatoms. The van der Waals surface area contributed by atoms with Gasteiger partial charge in [-0.25, -0.2) is 9.67 Å². The van der Waals surface area contributed by atoms with Gasteiger partial charge in [0.2, 0.25) is 5.82 Å². The van der Waals surface area contributed by atoms with Gasteiger partial charge >= 0.3 is 5.97 Å². The van der Waals surface area contributed by atoms with Gasteiger partial charge in [-0.05, 0) is 32.4 Å². The number of aromatic nitrogens is 3. The second kappa shape index (κ2) is 7.25. The Morgan fingerprint density at radius 1 is 1.25 bits per heavy atom. The van der Waals surface area contributed by atoms with Crippen LogP contribution in [-0.4, -0.2) is 37.3 Å². The summed E-state index contributed by atoms with van der Waals surface area (Å²) in [7, 11) is 0. The summed E-state index contributed by atoms with van der Waals surface area (Å²) in [5.74, 6) is -0.527. The number of aryl methyl sites for hydroxylation is 1. The van der Waals surface area contributed by atoms with Gasteiger partial charge in [-0.1, -0.05) is 25.1 Å². The molecule has 1 aromatic heterocycles. The molecule has 1 heterocycles. The number of para-hydroxylation sites is 1. The third kappa shape index (κ3) is 4.41. The average molecular weight is 330 g/mol. The summed E-state index contributed by atoms with van der Waals surface area (Å²) in [5.41, 5.74) is 0.186. The smallest absolute Gasteiger partial charge is 0.303 e. The lowest BCUT2D eigenvalue weighted by atomic mass is 9.98. The minimum atomic E-state index is -0.892. The van der Waals surface area contributed by atoms with Crippen LogP contribution in [0.3, 0.4) is 0 Å². The maximum atomic E-state index is 12.4. The van der Waals surface area contributed by atoms with E-state index in [4.69, 9.17) is 5.11 Å². The van der Waals surface area contributed by atoms with Gasteiger partial charge in [0.25, 0.3) is 5.91 Å². The minimum absolute atomic E-state index is 0.0145. The summed E-state index contributed by atoms with van der Waals surface area (Å²) < 4.78 is 1.65.